The van der Waals surface area contributed by atoms with Gasteiger partial charge in [-0.15, -0.1) is 0 Å². The molecule has 112 valence electrons. The van der Waals surface area contributed by atoms with Crippen molar-refractivity contribution in [3.63, 3.8) is 0 Å². The first-order chi connectivity index (χ1) is 9.05. The predicted molar refractivity (Wildman–Crippen MR) is 76.2 cm³/mol. The smallest absolute Gasteiger partial charge is 0.407 e. The fraction of sp³-hybridized carbons (Fsp3) is 0.417. The number of carbonyl (C=O) groups excluding carboxylic acids is 1. The third-order valence-electron chi connectivity index (χ3n) is 2.05. The zero-order valence-electron chi connectivity index (χ0n) is 11.6. The van der Waals surface area contributed by atoms with Crippen molar-refractivity contribution in [2.75, 3.05) is 4.72 Å². The maximum Gasteiger partial charge on any atom is 0.407 e. The third kappa shape index (κ3) is 6.95. The minimum absolute atomic E-state index is 0.282. The van der Waals surface area contributed by atoms with Crippen LogP contribution in [0.5, 0.6) is 0 Å². The van der Waals surface area contributed by atoms with Crippen LogP contribution in [-0.4, -0.2) is 20.1 Å². The molecule has 0 spiro atoms. The number of hydrogen-bond donors (Lipinski definition) is 3. The molecule has 0 aromatic heterocycles. The van der Waals surface area contributed by atoms with Gasteiger partial charge in [0, 0.05) is 12.2 Å². The molecule has 8 heteroatoms. The monoisotopic (exact) mass is 301 g/mol. The summed E-state index contributed by atoms with van der Waals surface area (Å²) in [5, 5.41) is 7.45. The number of rotatable bonds is 4. The second-order valence-corrected chi connectivity index (χ2v) is 6.49. The van der Waals surface area contributed by atoms with Crippen LogP contribution in [0.1, 0.15) is 26.3 Å². The molecule has 0 aliphatic rings. The number of ether oxygens (including phenoxy) is 1. The molecular formula is C12H19N3O4S. The van der Waals surface area contributed by atoms with Crippen molar-refractivity contribution in [2.24, 2.45) is 5.14 Å². The van der Waals surface area contributed by atoms with Gasteiger partial charge in [-0.05, 0) is 38.5 Å². The van der Waals surface area contributed by atoms with Gasteiger partial charge in [-0.3, -0.25) is 4.72 Å². The molecule has 0 saturated heterocycles. The maximum atomic E-state index is 11.4. The van der Waals surface area contributed by atoms with E-state index in [2.05, 4.69) is 10.0 Å². The summed E-state index contributed by atoms with van der Waals surface area (Å²) >= 11 is 0. The highest BCUT2D eigenvalue weighted by Gasteiger charge is 2.15. The van der Waals surface area contributed by atoms with E-state index >= 15 is 0 Å². The number of nitrogens with two attached hydrogens (primary N) is 1. The van der Waals surface area contributed by atoms with Crippen molar-refractivity contribution in [3.05, 3.63) is 29.8 Å². The van der Waals surface area contributed by atoms with Gasteiger partial charge < -0.3 is 10.1 Å². The largest absolute Gasteiger partial charge is 0.444 e. The first-order valence-corrected chi connectivity index (χ1v) is 7.46. The summed E-state index contributed by atoms with van der Waals surface area (Å²) in [6.45, 7) is 5.62. The van der Waals surface area contributed by atoms with E-state index in [4.69, 9.17) is 9.88 Å². The number of nitrogens with one attached hydrogen (secondary N) is 2. The molecule has 0 fully saturated rings. The molecular weight excluding hydrogens is 282 g/mol. The van der Waals surface area contributed by atoms with Gasteiger partial charge in [0.25, 0.3) is 10.2 Å². The zero-order chi connectivity index (χ0) is 15.4. The molecule has 0 saturated carbocycles. The lowest BCUT2D eigenvalue weighted by Gasteiger charge is -2.19. The molecule has 0 unspecified atom stereocenters. The highest BCUT2D eigenvalue weighted by molar-refractivity contribution is 7.90. The standard InChI is InChI=1S/C12H19N3O4S/c1-12(2,3)19-11(16)14-8-9-4-6-10(7-5-9)15-20(13,17)18/h4-7,15H,8H2,1-3H3,(H,14,16)(H2,13,17,18). The summed E-state index contributed by atoms with van der Waals surface area (Å²) < 4.78 is 28.9. The van der Waals surface area contributed by atoms with Gasteiger partial charge in [0.15, 0.2) is 0 Å². The summed E-state index contributed by atoms with van der Waals surface area (Å²) in [6, 6.07) is 6.45. The summed E-state index contributed by atoms with van der Waals surface area (Å²) in [5.74, 6) is 0. The van der Waals surface area contributed by atoms with Crippen molar-refractivity contribution in [2.45, 2.75) is 32.9 Å². The van der Waals surface area contributed by atoms with Crippen LogP contribution in [0.2, 0.25) is 0 Å². The molecule has 0 atom stereocenters. The van der Waals surface area contributed by atoms with Crippen molar-refractivity contribution >= 4 is 22.0 Å². The average Bonchev–Trinajstić information content (AvgIpc) is 2.23. The van der Waals surface area contributed by atoms with Gasteiger partial charge >= 0.3 is 6.09 Å². The van der Waals surface area contributed by atoms with E-state index in [1.54, 1.807) is 45.0 Å². The third-order valence-corrected chi connectivity index (χ3v) is 2.57. The Kier molecular flexibility index (Phi) is 4.96. The quantitative estimate of drug-likeness (QED) is 0.779. The Morgan fingerprint density at radius 1 is 1.25 bits per heavy atom. The lowest BCUT2D eigenvalue weighted by Crippen LogP contribution is -2.32. The molecule has 4 N–H and O–H groups in total. The van der Waals surface area contributed by atoms with Crippen LogP contribution in [0, 0.1) is 0 Å². The van der Waals surface area contributed by atoms with Crippen LogP contribution in [0.4, 0.5) is 10.5 Å². The normalized spacial score (nSPS) is 11.8. The molecule has 0 radical (unpaired) electrons. The van der Waals surface area contributed by atoms with Crippen molar-refractivity contribution in [1.29, 1.82) is 0 Å². The molecule has 0 aliphatic carbocycles. The minimum atomic E-state index is -3.78. The van der Waals surface area contributed by atoms with Crippen LogP contribution in [-0.2, 0) is 21.5 Å². The molecule has 0 aliphatic heterocycles. The summed E-state index contributed by atoms with van der Waals surface area (Å²) in [7, 11) is -3.78. The van der Waals surface area contributed by atoms with E-state index in [0.29, 0.717) is 5.69 Å². The van der Waals surface area contributed by atoms with Gasteiger partial charge in [-0.1, -0.05) is 12.1 Å². The van der Waals surface area contributed by atoms with Gasteiger partial charge in [-0.25, -0.2) is 9.93 Å². The van der Waals surface area contributed by atoms with E-state index in [9.17, 15) is 13.2 Å². The number of carbonyl (C=O) groups is 1. The number of anilines is 1. The second-order valence-electron chi connectivity index (χ2n) is 5.20. The lowest BCUT2D eigenvalue weighted by molar-refractivity contribution is 0.0523. The van der Waals surface area contributed by atoms with Crippen molar-refractivity contribution in [1.82, 2.24) is 5.32 Å². The molecule has 1 aromatic carbocycles. The Hall–Kier alpha value is -1.80. The summed E-state index contributed by atoms with van der Waals surface area (Å²) in [6.07, 6.45) is -0.510. The number of alkyl carbamates (subject to hydrolysis) is 1. The fourth-order valence-electron chi connectivity index (χ4n) is 1.34. The average molecular weight is 301 g/mol. The minimum Gasteiger partial charge on any atom is -0.444 e. The second kappa shape index (κ2) is 6.10. The Morgan fingerprint density at radius 3 is 2.25 bits per heavy atom. The topological polar surface area (TPSA) is 111 Å². The van der Waals surface area contributed by atoms with Gasteiger partial charge in [0.05, 0.1) is 0 Å². The molecule has 7 nitrogen and oxygen atoms in total. The first-order valence-electron chi connectivity index (χ1n) is 5.91. The van der Waals surface area contributed by atoms with E-state index in [1.807, 2.05) is 0 Å². The van der Waals surface area contributed by atoms with E-state index in [0.717, 1.165) is 5.56 Å². The van der Waals surface area contributed by atoms with E-state index in [-0.39, 0.29) is 6.54 Å². The highest BCUT2D eigenvalue weighted by Crippen LogP contribution is 2.11. The Morgan fingerprint density at radius 2 is 1.80 bits per heavy atom. The summed E-state index contributed by atoms with van der Waals surface area (Å²) in [4.78, 5) is 11.4. The number of amides is 1. The molecule has 20 heavy (non-hydrogen) atoms. The Balaban J connectivity index is 2.52. The van der Waals surface area contributed by atoms with Crippen LogP contribution < -0.4 is 15.2 Å². The Bertz CT molecular complexity index is 561. The molecule has 1 rings (SSSR count). The van der Waals surface area contributed by atoms with Crippen LogP contribution in [0.3, 0.4) is 0 Å². The van der Waals surface area contributed by atoms with Crippen LogP contribution in [0.25, 0.3) is 0 Å². The van der Waals surface area contributed by atoms with Crippen LogP contribution >= 0.6 is 0 Å². The van der Waals surface area contributed by atoms with Crippen molar-refractivity contribution < 1.29 is 17.9 Å². The highest BCUT2D eigenvalue weighted by atomic mass is 32.2. The first kappa shape index (κ1) is 16.3. The van der Waals surface area contributed by atoms with E-state index < -0.39 is 21.9 Å². The molecule has 1 aromatic rings. The Labute approximate surface area is 118 Å². The predicted octanol–water partition coefficient (Wildman–Crippen LogP) is 1.33. The molecule has 0 heterocycles. The lowest BCUT2D eigenvalue weighted by atomic mass is 10.2. The fourth-order valence-corrected chi connectivity index (χ4v) is 1.81. The maximum absolute atomic E-state index is 11.4. The van der Waals surface area contributed by atoms with Gasteiger partial charge in [0.1, 0.15) is 5.60 Å². The number of benzene rings is 1. The molecule has 0 bridgehead atoms. The SMILES string of the molecule is CC(C)(C)OC(=O)NCc1ccc(NS(N)(=O)=O)cc1. The summed E-state index contributed by atoms with van der Waals surface area (Å²) in [5.41, 5.74) is 0.609. The number of hydrogen-bond acceptors (Lipinski definition) is 4. The van der Waals surface area contributed by atoms with Gasteiger partial charge in [-0.2, -0.15) is 8.42 Å². The molecule has 1 amide bonds. The van der Waals surface area contributed by atoms with E-state index in [1.165, 1.54) is 0 Å². The van der Waals surface area contributed by atoms with Crippen LogP contribution in [0.15, 0.2) is 24.3 Å². The van der Waals surface area contributed by atoms with Gasteiger partial charge in [0.2, 0.25) is 0 Å². The van der Waals surface area contributed by atoms with Crippen molar-refractivity contribution in [3.8, 4) is 0 Å². The zero-order valence-corrected chi connectivity index (χ0v) is 12.5.